The molecular formula is C23H26N4O3S. The molecule has 7 nitrogen and oxygen atoms in total. The highest BCUT2D eigenvalue weighted by atomic mass is 32.1. The van der Waals surface area contributed by atoms with Crippen LogP contribution in [-0.4, -0.2) is 52.6 Å². The Balaban J connectivity index is 1.29. The lowest BCUT2D eigenvalue weighted by Crippen LogP contribution is -2.46. The number of carbonyl (C=O) groups is 2. The predicted molar refractivity (Wildman–Crippen MR) is 120 cm³/mol. The van der Waals surface area contributed by atoms with Crippen LogP contribution < -0.4 is 10.1 Å². The normalized spacial score (nSPS) is 14.4. The third-order valence-corrected chi connectivity index (χ3v) is 6.21. The average molecular weight is 439 g/mol. The summed E-state index contributed by atoms with van der Waals surface area (Å²) in [5, 5.41) is 12.2. The first-order valence-electron chi connectivity index (χ1n) is 10.5. The number of carbonyl (C=O) groups excluding carboxylic acids is 2. The van der Waals surface area contributed by atoms with Crippen molar-refractivity contribution in [3.63, 3.8) is 0 Å². The Hall–Kier alpha value is -3.13. The predicted octanol–water partition coefficient (Wildman–Crippen LogP) is 3.50. The molecule has 1 fully saturated rings. The van der Waals surface area contributed by atoms with Gasteiger partial charge in [0, 0.05) is 29.6 Å². The molecule has 31 heavy (non-hydrogen) atoms. The lowest BCUT2D eigenvalue weighted by Gasteiger charge is -2.32. The monoisotopic (exact) mass is 438 g/mol. The van der Waals surface area contributed by atoms with E-state index in [1.807, 2.05) is 53.6 Å². The second-order valence-electron chi connectivity index (χ2n) is 7.51. The van der Waals surface area contributed by atoms with Crippen LogP contribution >= 0.6 is 11.3 Å². The van der Waals surface area contributed by atoms with Crippen molar-refractivity contribution in [2.75, 3.05) is 19.7 Å². The van der Waals surface area contributed by atoms with E-state index in [2.05, 4.69) is 15.5 Å². The molecule has 0 radical (unpaired) electrons. The summed E-state index contributed by atoms with van der Waals surface area (Å²) in [4.78, 5) is 28.0. The van der Waals surface area contributed by atoms with Crippen molar-refractivity contribution in [3.05, 3.63) is 58.4 Å². The van der Waals surface area contributed by atoms with Crippen molar-refractivity contribution in [2.24, 2.45) is 0 Å². The van der Waals surface area contributed by atoms with Gasteiger partial charge in [-0.25, -0.2) is 0 Å². The number of ether oxygens (including phenoxy) is 1. The van der Waals surface area contributed by atoms with Crippen LogP contribution in [0.5, 0.6) is 5.75 Å². The minimum Gasteiger partial charge on any atom is -0.494 e. The molecule has 0 atom stereocenters. The standard InChI is InChI=1S/C23H26N4O3S/c1-2-30-18-7-5-16(6-8-18)20-15-21(26-25-20)23(29)27-11-9-17(10-12-27)24-22(28)14-19-4-3-13-31-19/h3-8,13,15,17H,2,9-12,14H2,1H3,(H,24,28)(H,25,26). The van der Waals surface area contributed by atoms with Gasteiger partial charge in [0.25, 0.3) is 5.91 Å². The molecule has 2 amide bonds. The second-order valence-corrected chi connectivity index (χ2v) is 8.55. The highest BCUT2D eigenvalue weighted by Gasteiger charge is 2.25. The van der Waals surface area contributed by atoms with Crippen molar-refractivity contribution in [3.8, 4) is 17.0 Å². The molecule has 1 aliphatic rings. The van der Waals surface area contributed by atoms with E-state index in [0.29, 0.717) is 31.8 Å². The number of benzene rings is 1. The second kappa shape index (κ2) is 9.78. The van der Waals surface area contributed by atoms with Crippen molar-refractivity contribution >= 4 is 23.2 Å². The fourth-order valence-electron chi connectivity index (χ4n) is 3.72. The van der Waals surface area contributed by atoms with E-state index < -0.39 is 0 Å². The molecule has 1 aromatic carbocycles. The van der Waals surface area contributed by atoms with Gasteiger partial charge in [-0.2, -0.15) is 5.10 Å². The summed E-state index contributed by atoms with van der Waals surface area (Å²) in [5.41, 5.74) is 2.12. The van der Waals surface area contributed by atoms with Crippen molar-refractivity contribution in [1.82, 2.24) is 20.4 Å². The van der Waals surface area contributed by atoms with E-state index in [4.69, 9.17) is 4.74 Å². The van der Waals surface area contributed by atoms with Crippen LogP contribution in [0.3, 0.4) is 0 Å². The van der Waals surface area contributed by atoms with Crippen LogP contribution in [0, 0.1) is 0 Å². The fraction of sp³-hybridized carbons (Fsp3) is 0.348. The zero-order valence-electron chi connectivity index (χ0n) is 17.5. The minimum atomic E-state index is -0.0620. The molecule has 0 spiro atoms. The molecule has 2 aromatic heterocycles. The number of thiophene rings is 1. The van der Waals surface area contributed by atoms with E-state index in [9.17, 15) is 9.59 Å². The van der Waals surface area contributed by atoms with Gasteiger partial charge < -0.3 is 15.0 Å². The Labute approximate surface area is 185 Å². The zero-order chi connectivity index (χ0) is 21.6. The SMILES string of the molecule is CCOc1ccc(-c2cc(C(=O)N3CCC(NC(=O)Cc4cccs4)CC3)[nH]n2)cc1. The van der Waals surface area contributed by atoms with Gasteiger partial charge in [-0.3, -0.25) is 14.7 Å². The molecule has 0 unspecified atom stereocenters. The number of hydrogen-bond acceptors (Lipinski definition) is 5. The topological polar surface area (TPSA) is 87.3 Å². The number of piperidine rings is 1. The van der Waals surface area contributed by atoms with Gasteiger partial charge in [0.1, 0.15) is 11.4 Å². The Morgan fingerprint density at radius 2 is 2.00 bits per heavy atom. The first kappa shape index (κ1) is 21.1. The maximum Gasteiger partial charge on any atom is 0.271 e. The molecule has 0 bridgehead atoms. The molecule has 162 valence electrons. The van der Waals surface area contributed by atoms with Crippen molar-refractivity contribution in [2.45, 2.75) is 32.2 Å². The molecule has 4 rings (SSSR count). The van der Waals surface area contributed by atoms with Crippen molar-refractivity contribution in [1.29, 1.82) is 0 Å². The van der Waals surface area contributed by atoms with E-state index >= 15 is 0 Å². The summed E-state index contributed by atoms with van der Waals surface area (Å²) >= 11 is 1.59. The van der Waals surface area contributed by atoms with Gasteiger partial charge in [-0.1, -0.05) is 6.07 Å². The summed E-state index contributed by atoms with van der Waals surface area (Å²) in [6, 6.07) is 13.5. The van der Waals surface area contributed by atoms with Gasteiger partial charge in [0.2, 0.25) is 5.91 Å². The smallest absolute Gasteiger partial charge is 0.271 e. The number of likely N-dealkylation sites (tertiary alicyclic amines) is 1. The first-order chi connectivity index (χ1) is 15.1. The highest BCUT2D eigenvalue weighted by molar-refractivity contribution is 7.10. The highest BCUT2D eigenvalue weighted by Crippen LogP contribution is 2.22. The minimum absolute atomic E-state index is 0.0424. The molecule has 8 heteroatoms. The molecular weight excluding hydrogens is 412 g/mol. The number of rotatable bonds is 7. The van der Waals surface area contributed by atoms with Gasteiger partial charge in [-0.05, 0) is 61.5 Å². The van der Waals surface area contributed by atoms with E-state index in [-0.39, 0.29) is 17.9 Å². The Morgan fingerprint density at radius 1 is 1.23 bits per heavy atom. The number of aromatic nitrogens is 2. The number of H-pyrrole nitrogens is 1. The van der Waals surface area contributed by atoms with Gasteiger partial charge in [-0.15, -0.1) is 11.3 Å². The van der Waals surface area contributed by atoms with E-state index in [1.54, 1.807) is 17.4 Å². The number of aromatic amines is 1. The maximum atomic E-state index is 12.9. The molecule has 2 N–H and O–H groups in total. The molecule has 3 aromatic rings. The lowest BCUT2D eigenvalue weighted by molar-refractivity contribution is -0.121. The number of hydrogen-bond donors (Lipinski definition) is 2. The third kappa shape index (κ3) is 5.32. The molecule has 3 heterocycles. The molecule has 1 saturated heterocycles. The first-order valence-corrected chi connectivity index (χ1v) is 11.4. The van der Waals surface area contributed by atoms with E-state index in [0.717, 1.165) is 34.7 Å². The Kier molecular flexibility index (Phi) is 6.66. The van der Waals surface area contributed by atoms with Crippen LogP contribution in [0.15, 0.2) is 47.8 Å². The molecule has 0 saturated carbocycles. The van der Waals surface area contributed by atoms with Gasteiger partial charge in [0.15, 0.2) is 0 Å². The largest absolute Gasteiger partial charge is 0.494 e. The Morgan fingerprint density at radius 3 is 2.68 bits per heavy atom. The number of amides is 2. The van der Waals surface area contributed by atoms with Crippen LogP contribution in [0.25, 0.3) is 11.3 Å². The number of nitrogens with one attached hydrogen (secondary N) is 2. The Bertz CT molecular complexity index is 1010. The van der Waals surface area contributed by atoms with Gasteiger partial charge in [0.05, 0.1) is 18.7 Å². The van der Waals surface area contributed by atoms with Crippen LogP contribution in [0.1, 0.15) is 35.1 Å². The summed E-state index contributed by atoms with van der Waals surface area (Å²) in [5.74, 6) is 0.789. The average Bonchev–Trinajstić information content (AvgIpc) is 3.47. The zero-order valence-corrected chi connectivity index (χ0v) is 18.3. The van der Waals surface area contributed by atoms with Crippen LogP contribution in [-0.2, 0) is 11.2 Å². The molecule has 0 aliphatic carbocycles. The summed E-state index contributed by atoms with van der Waals surface area (Å²) in [6.07, 6.45) is 1.92. The summed E-state index contributed by atoms with van der Waals surface area (Å²) in [6.45, 7) is 3.79. The van der Waals surface area contributed by atoms with Gasteiger partial charge >= 0.3 is 0 Å². The van der Waals surface area contributed by atoms with Crippen LogP contribution in [0.2, 0.25) is 0 Å². The fourth-order valence-corrected chi connectivity index (χ4v) is 4.42. The molecule has 1 aliphatic heterocycles. The lowest BCUT2D eigenvalue weighted by atomic mass is 10.0. The maximum absolute atomic E-state index is 12.9. The third-order valence-electron chi connectivity index (χ3n) is 5.33. The summed E-state index contributed by atoms with van der Waals surface area (Å²) < 4.78 is 5.46. The van der Waals surface area contributed by atoms with E-state index in [1.165, 1.54) is 0 Å². The number of nitrogens with zero attached hydrogens (tertiary/aromatic N) is 2. The summed E-state index contributed by atoms with van der Waals surface area (Å²) in [7, 11) is 0. The quantitative estimate of drug-likeness (QED) is 0.591. The van der Waals surface area contributed by atoms with Crippen molar-refractivity contribution < 1.29 is 14.3 Å². The van der Waals surface area contributed by atoms with Crippen LogP contribution in [0.4, 0.5) is 0 Å².